The molecule has 1 unspecified atom stereocenters. The number of likely N-dealkylation sites (N-methyl/N-ethyl adjacent to an activating group) is 1. The lowest BCUT2D eigenvalue weighted by Gasteiger charge is -2.40. The number of nitriles is 1. The molecule has 1 atom stereocenters. The van der Waals surface area contributed by atoms with Crippen molar-refractivity contribution in [1.82, 2.24) is 9.88 Å². The molecule has 3 heterocycles. The van der Waals surface area contributed by atoms with E-state index in [0.717, 1.165) is 29.8 Å². The van der Waals surface area contributed by atoms with Crippen LogP contribution in [0.25, 0.3) is 16.8 Å². The molecular formula is C23H21FN4O2. The number of benzene rings is 2. The lowest BCUT2D eigenvalue weighted by molar-refractivity contribution is 0.208. The summed E-state index contributed by atoms with van der Waals surface area (Å²) in [5, 5.41) is 20.4. The third kappa shape index (κ3) is 2.92. The molecule has 2 aromatic carbocycles. The fourth-order valence-electron chi connectivity index (χ4n) is 4.47. The summed E-state index contributed by atoms with van der Waals surface area (Å²) in [6.45, 7) is 1.42. The Labute approximate surface area is 173 Å². The Balaban J connectivity index is 1.43. The second-order valence-corrected chi connectivity index (χ2v) is 7.80. The molecule has 0 spiro atoms. The lowest BCUT2D eigenvalue weighted by Crippen LogP contribution is -2.41. The molecule has 2 aliphatic heterocycles. The van der Waals surface area contributed by atoms with Crippen LogP contribution in [0.3, 0.4) is 0 Å². The Bertz CT molecular complexity index is 1190. The van der Waals surface area contributed by atoms with E-state index in [-0.39, 0.29) is 11.7 Å². The third-order valence-electron chi connectivity index (χ3n) is 6.07. The number of nitrogens with zero attached hydrogens (tertiary/aromatic N) is 4. The van der Waals surface area contributed by atoms with E-state index in [2.05, 4.69) is 16.0 Å². The van der Waals surface area contributed by atoms with Crippen LogP contribution < -0.4 is 4.90 Å². The Morgan fingerprint density at radius 2 is 1.97 bits per heavy atom. The first-order valence-electron chi connectivity index (χ1n) is 10.0. The molecule has 0 bridgehead atoms. The van der Waals surface area contributed by atoms with Crippen molar-refractivity contribution in [2.45, 2.75) is 25.0 Å². The number of fused-ring (bicyclic) bond motifs is 2. The summed E-state index contributed by atoms with van der Waals surface area (Å²) in [4.78, 5) is 8.44. The van der Waals surface area contributed by atoms with Gasteiger partial charge in [-0.3, -0.25) is 0 Å². The van der Waals surface area contributed by atoms with Crippen LogP contribution in [0.5, 0.6) is 0 Å². The summed E-state index contributed by atoms with van der Waals surface area (Å²) in [5.74, 6) is 0.429. The molecule has 3 aromatic rings. The molecule has 0 radical (unpaired) electrons. The lowest BCUT2D eigenvalue weighted by atomic mass is 9.92. The molecule has 5 rings (SSSR count). The van der Waals surface area contributed by atoms with E-state index in [1.807, 2.05) is 24.3 Å². The topological polar surface area (TPSA) is 76.5 Å². The first-order chi connectivity index (χ1) is 14.6. The standard InChI is InChI=1S/C23H21FN4O2/c1-27-19-5-3-2-4-16(19)21(17(13-25)23(27)29)28-10-8-14(9-11-28)22-26-18-7-6-15(24)12-20(18)30-22/h2-7,12,14,23,29H,8-11H2,1H3. The predicted octanol–water partition coefficient (Wildman–Crippen LogP) is 3.85. The number of likely N-dealkylation sites (tertiary alicyclic amines) is 1. The van der Waals surface area contributed by atoms with E-state index in [0.29, 0.717) is 35.7 Å². The highest BCUT2D eigenvalue weighted by molar-refractivity contribution is 5.84. The molecule has 30 heavy (non-hydrogen) atoms. The van der Waals surface area contributed by atoms with Crippen molar-refractivity contribution in [3.63, 3.8) is 0 Å². The molecule has 1 aromatic heterocycles. The Morgan fingerprint density at radius 1 is 1.20 bits per heavy atom. The molecule has 0 saturated carbocycles. The van der Waals surface area contributed by atoms with E-state index < -0.39 is 6.23 Å². The van der Waals surface area contributed by atoms with Crippen LogP contribution in [0.2, 0.25) is 0 Å². The van der Waals surface area contributed by atoms with Crippen LogP contribution in [0.4, 0.5) is 10.1 Å². The number of aliphatic hydroxyl groups is 1. The Kier molecular flexibility index (Phi) is 4.44. The van der Waals surface area contributed by atoms with Gasteiger partial charge in [0.1, 0.15) is 23.0 Å². The van der Waals surface area contributed by atoms with Crippen molar-refractivity contribution in [3.8, 4) is 6.07 Å². The number of para-hydroxylation sites is 1. The van der Waals surface area contributed by atoms with Gasteiger partial charge in [-0.05, 0) is 31.0 Å². The Morgan fingerprint density at radius 3 is 2.73 bits per heavy atom. The van der Waals surface area contributed by atoms with Crippen LogP contribution in [-0.2, 0) is 0 Å². The highest BCUT2D eigenvalue weighted by atomic mass is 19.1. The van der Waals surface area contributed by atoms with E-state index in [9.17, 15) is 14.8 Å². The van der Waals surface area contributed by atoms with Gasteiger partial charge in [-0.2, -0.15) is 5.26 Å². The zero-order chi connectivity index (χ0) is 20.8. The molecule has 0 aliphatic carbocycles. The SMILES string of the molecule is CN1c2ccccc2C(N2CCC(c3nc4ccc(F)cc4o3)CC2)=C(C#N)C1O. The summed E-state index contributed by atoms with van der Waals surface area (Å²) >= 11 is 0. The van der Waals surface area contributed by atoms with Gasteiger partial charge in [0, 0.05) is 43.4 Å². The van der Waals surface area contributed by atoms with Gasteiger partial charge in [0.15, 0.2) is 17.7 Å². The molecule has 6 nitrogen and oxygen atoms in total. The van der Waals surface area contributed by atoms with E-state index in [4.69, 9.17) is 4.42 Å². The van der Waals surface area contributed by atoms with Gasteiger partial charge in [0.25, 0.3) is 0 Å². The minimum absolute atomic E-state index is 0.134. The number of hydrogen-bond acceptors (Lipinski definition) is 6. The van der Waals surface area contributed by atoms with Crippen molar-refractivity contribution < 1.29 is 13.9 Å². The molecular weight excluding hydrogens is 383 g/mol. The first kappa shape index (κ1) is 18.6. The van der Waals surface area contributed by atoms with Gasteiger partial charge in [0.05, 0.1) is 5.70 Å². The zero-order valence-corrected chi connectivity index (χ0v) is 16.5. The third-order valence-corrected chi connectivity index (χ3v) is 6.07. The van der Waals surface area contributed by atoms with Gasteiger partial charge in [-0.1, -0.05) is 18.2 Å². The van der Waals surface area contributed by atoms with Gasteiger partial charge in [-0.15, -0.1) is 0 Å². The molecule has 2 aliphatic rings. The number of anilines is 1. The molecule has 1 fully saturated rings. The number of oxazole rings is 1. The maximum Gasteiger partial charge on any atom is 0.198 e. The molecule has 0 amide bonds. The second kappa shape index (κ2) is 7.15. The number of hydrogen-bond donors (Lipinski definition) is 1. The van der Waals surface area contributed by atoms with Gasteiger partial charge >= 0.3 is 0 Å². The highest BCUT2D eigenvalue weighted by Gasteiger charge is 2.34. The number of piperidine rings is 1. The summed E-state index contributed by atoms with van der Waals surface area (Å²) in [6.07, 6.45) is 0.626. The average Bonchev–Trinajstić information content (AvgIpc) is 3.19. The normalized spacial score (nSPS) is 19.9. The number of aliphatic hydroxyl groups excluding tert-OH is 1. The zero-order valence-electron chi connectivity index (χ0n) is 16.5. The smallest absolute Gasteiger partial charge is 0.198 e. The van der Waals surface area contributed by atoms with Crippen LogP contribution >= 0.6 is 0 Å². The number of halogens is 1. The number of rotatable bonds is 2. The summed E-state index contributed by atoms with van der Waals surface area (Å²) in [6, 6.07) is 14.4. The minimum Gasteiger partial charge on any atom is -0.440 e. The average molecular weight is 404 g/mol. The fraction of sp³-hybridized carbons (Fsp3) is 0.304. The summed E-state index contributed by atoms with van der Waals surface area (Å²) in [7, 11) is 1.79. The minimum atomic E-state index is -0.968. The van der Waals surface area contributed by atoms with Crippen molar-refractivity contribution in [2.24, 2.45) is 0 Å². The van der Waals surface area contributed by atoms with Crippen molar-refractivity contribution in [3.05, 3.63) is 65.3 Å². The van der Waals surface area contributed by atoms with Crippen LogP contribution in [0, 0.1) is 17.1 Å². The maximum atomic E-state index is 13.4. The highest BCUT2D eigenvalue weighted by Crippen LogP contribution is 2.41. The first-order valence-corrected chi connectivity index (χ1v) is 10.0. The number of aromatic nitrogens is 1. The van der Waals surface area contributed by atoms with Crippen LogP contribution in [-0.4, -0.2) is 41.4 Å². The van der Waals surface area contributed by atoms with Crippen LogP contribution in [0.15, 0.2) is 52.5 Å². The summed E-state index contributed by atoms with van der Waals surface area (Å²) < 4.78 is 19.3. The second-order valence-electron chi connectivity index (χ2n) is 7.80. The van der Waals surface area contributed by atoms with Crippen molar-refractivity contribution in [1.29, 1.82) is 5.26 Å². The predicted molar refractivity (Wildman–Crippen MR) is 111 cm³/mol. The van der Waals surface area contributed by atoms with E-state index in [1.54, 1.807) is 18.0 Å². The maximum absolute atomic E-state index is 13.4. The molecule has 7 heteroatoms. The van der Waals surface area contributed by atoms with Gasteiger partial charge in [-0.25, -0.2) is 9.37 Å². The molecule has 1 N–H and O–H groups in total. The summed E-state index contributed by atoms with van der Waals surface area (Å²) in [5.41, 5.74) is 4.16. The van der Waals surface area contributed by atoms with Gasteiger partial charge < -0.3 is 19.3 Å². The largest absolute Gasteiger partial charge is 0.440 e. The van der Waals surface area contributed by atoms with Crippen molar-refractivity contribution in [2.75, 3.05) is 25.0 Å². The van der Waals surface area contributed by atoms with E-state index in [1.165, 1.54) is 12.1 Å². The monoisotopic (exact) mass is 404 g/mol. The molecule has 152 valence electrons. The van der Waals surface area contributed by atoms with Crippen molar-refractivity contribution >= 4 is 22.5 Å². The quantitative estimate of drug-likeness (QED) is 0.699. The van der Waals surface area contributed by atoms with Gasteiger partial charge in [0.2, 0.25) is 0 Å². The molecule has 1 saturated heterocycles. The van der Waals surface area contributed by atoms with E-state index >= 15 is 0 Å². The Hall–Kier alpha value is -3.37. The fourth-order valence-corrected chi connectivity index (χ4v) is 4.47. The van der Waals surface area contributed by atoms with Crippen LogP contribution in [0.1, 0.15) is 30.2 Å².